The summed E-state index contributed by atoms with van der Waals surface area (Å²) in [5.74, 6) is -0.197. The Bertz CT molecular complexity index is 399. The first-order valence-corrected chi connectivity index (χ1v) is 6.55. The van der Waals surface area contributed by atoms with E-state index in [1.165, 1.54) is 6.07 Å². The summed E-state index contributed by atoms with van der Waals surface area (Å²) in [6.45, 7) is 8.48. The molecule has 18 heavy (non-hydrogen) atoms. The number of anilines is 1. The number of benzene rings is 1. The van der Waals surface area contributed by atoms with Gasteiger partial charge in [0.15, 0.2) is 0 Å². The molecule has 1 rings (SSSR count). The minimum absolute atomic E-state index is 0.0312. The molecule has 2 nitrogen and oxygen atoms in total. The molecule has 1 unspecified atom stereocenters. The SMILES string of the molecule is CCC(C)(C)N(C)c1ccc(F)cc1CC(C)N. The van der Waals surface area contributed by atoms with Gasteiger partial charge in [-0.1, -0.05) is 6.92 Å². The third kappa shape index (κ3) is 3.45. The van der Waals surface area contributed by atoms with Gasteiger partial charge in [-0.3, -0.25) is 0 Å². The molecule has 0 aliphatic rings. The van der Waals surface area contributed by atoms with Crippen LogP contribution in [0.4, 0.5) is 10.1 Å². The van der Waals surface area contributed by atoms with E-state index in [4.69, 9.17) is 5.73 Å². The van der Waals surface area contributed by atoms with Crippen LogP contribution in [0.15, 0.2) is 18.2 Å². The van der Waals surface area contributed by atoms with Crippen molar-refractivity contribution >= 4 is 5.69 Å². The smallest absolute Gasteiger partial charge is 0.123 e. The zero-order chi connectivity index (χ0) is 13.9. The molecule has 1 aromatic rings. The van der Waals surface area contributed by atoms with Crippen LogP contribution in [0.5, 0.6) is 0 Å². The van der Waals surface area contributed by atoms with Gasteiger partial charge < -0.3 is 10.6 Å². The van der Waals surface area contributed by atoms with E-state index < -0.39 is 0 Å². The molecule has 1 aromatic carbocycles. The molecule has 2 N–H and O–H groups in total. The Morgan fingerprint density at radius 2 is 2.00 bits per heavy atom. The van der Waals surface area contributed by atoms with Gasteiger partial charge >= 0.3 is 0 Å². The third-order valence-corrected chi connectivity index (χ3v) is 3.72. The summed E-state index contributed by atoms with van der Waals surface area (Å²) in [6, 6.07) is 5.00. The van der Waals surface area contributed by atoms with Crippen molar-refractivity contribution in [1.29, 1.82) is 0 Å². The second-order valence-corrected chi connectivity index (χ2v) is 5.68. The monoisotopic (exact) mass is 252 g/mol. The second kappa shape index (κ2) is 5.70. The molecule has 0 spiro atoms. The van der Waals surface area contributed by atoms with Gasteiger partial charge in [0.05, 0.1) is 0 Å². The van der Waals surface area contributed by atoms with Crippen LogP contribution in [0.2, 0.25) is 0 Å². The Labute approximate surface area is 110 Å². The topological polar surface area (TPSA) is 29.3 Å². The first kappa shape index (κ1) is 15.0. The molecule has 102 valence electrons. The Balaban J connectivity index is 3.15. The van der Waals surface area contributed by atoms with Gasteiger partial charge in [-0.15, -0.1) is 0 Å². The van der Waals surface area contributed by atoms with Crippen LogP contribution < -0.4 is 10.6 Å². The fourth-order valence-electron chi connectivity index (χ4n) is 1.95. The highest BCUT2D eigenvalue weighted by atomic mass is 19.1. The average Bonchev–Trinajstić information content (AvgIpc) is 2.27. The maximum Gasteiger partial charge on any atom is 0.123 e. The van der Waals surface area contributed by atoms with E-state index in [0.29, 0.717) is 6.42 Å². The molecule has 0 amide bonds. The molecular formula is C15H25FN2. The molecule has 0 saturated heterocycles. The van der Waals surface area contributed by atoms with Crippen LogP contribution >= 0.6 is 0 Å². The van der Waals surface area contributed by atoms with Crippen LogP contribution in [0.3, 0.4) is 0 Å². The number of nitrogens with two attached hydrogens (primary N) is 1. The summed E-state index contributed by atoms with van der Waals surface area (Å²) < 4.78 is 13.4. The number of rotatable bonds is 5. The van der Waals surface area contributed by atoms with Crippen LogP contribution in [0, 0.1) is 5.82 Å². The van der Waals surface area contributed by atoms with Gasteiger partial charge in [0.25, 0.3) is 0 Å². The summed E-state index contributed by atoms with van der Waals surface area (Å²) in [7, 11) is 2.06. The lowest BCUT2D eigenvalue weighted by Crippen LogP contribution is -2.41. The lowest BCUT2D eigenvalue weighted by Gasteiger charge is -2.38. The van der Waals surface area contributed by atoms with E-state index in [9.17, 15) is 4.39 Å². The standard InChI is InChI=1S/C15H25FN2/c1-6-15(3,4)18(5)14-8-7-13(16)10-12(14)9-11(2)17/h7-8,10-11H,6,9,17H2,1-5H3. The van der Waals surface area contributed by atoms with Crippen molar-refractivity contribution in [2.75, 3.05) is 11.9 Å². The van der Waals surface area contributed by atoms with Crippen molar-refractivity contribution in [1.82, 2.24) is 0 Å². The minimum atomic E-state index is -0.197. The summed E-state index contributed by atoms with van der Waals surface area (Å²) in [5.41, 5.74) is 7.94. The molecule has 0 aliphatic heterocycles. The fraction of sp³-hybridized carbons (Fsp3) is 0.600. The van der Waals surface area contributed by atoms with Crippen LogP contribution in [0.25, 0.3) is 0 Å². The van der Waals surface area contributed by atoms with Crippen LogP contribution in [-0.2, 0) is 6.42 Å². The lowest BCUT2D eigenvalue weighted by molar-refractivity contribution is 0.469. The largest absolute Gasteiger partial charge is 0.369 e. The Morgan fingerprint density at radius 3 is 2.50 bits per heavy atom. The normalized spacial score (nSPS) is 13.5. The second-order valence-electron chi connectivity index (χ2n) is 5.68. The fourth-order valence-corrected chi connectivity index (χ4v) is 1.95. The molecule has 3 heteroatoms. The van der Waals surface area contributed by atoms with Crippen LogP contribution in [-0.4, -0.2) is 18.6 Å². The van der Waals surface area contributed by atoms with Crippen molar-refractivity contribution in [3.8, 4) is 0 Å². The van der Waals surface area contributed by atoms with Gasteiger partial charge in [0.2, 0.25) is 0 Å². The zero-order valence-corrected chi connectivity index (χ0v) is 12.1. The van der Waals surface area contributed by atoms with Gasteiger partial charge in [0, 0.05) is 24.3 Å². The minimum Gasteiger partial charge on any atom is -0.369 e. The number of hydrogen-bond donors (Lipinski definition) is 1. The van der Waals surface area contributed by atoms with E-state index >= 15 is 0 Å². The molecule has 1 atom stereocenters. The molecule has 0 radical (unpaired) electrons. The van der Waals surface area contributed by atoms with Crippen molar-refractivity contribution in [2.24, 2.45) is 5.73 Å². The predicted octanol–water partition coefficient (Wildman–Crippen LogP) is 3.34. The Morgan fingerprint density at radius 1 is 1.39 bits per heavy atom. The van der Waals surface area contributed by atoms with Gasteiger partial charge in [-0.2, -0.15) is 0 Å². The molecular weight excluding hydrogens is 227 g/mol. The first-order chi connectivity index (χ1) is 8.27. The molecule has 0 fully saturated rings. The van der Waals surface area contributed by atoms with Gasteiger partial charge in [0.1, 0.15) is 5.82 Å². The number of nitrogens with zero attached hydrogens (tertiary/aromatic N) is 1. The predicted molar refractivity (Wildman–Crippen MR) is 76.5 cm³/mol. The van der Waals surface area contributed by atoms with Crippen molar-refractivity contribution in [3.05, 3.63) is 29.6 Å². The summed E-state index contributed by atoms with van der Waals surface area (Å²) in [5, 5.41) is 0. The highest BCUT2D eigenvalue weighted by molar-refractivity contribution is 5.55. The van der Waals surface area contributed by atoms with Crippen molar-refractivity contribution in [3.63, 3.8) is 0 Å². The van der Waals surface area contributed by atoms with E-state index in [1.54, 1.807) is 6.07 Å². The van der Waals surface area contributed by atoms with Crippen LogP contribution in [0.1, 0.15) is 39.7 Å². The lowest BCUT2D eigenvalue weighted by atomic mass is 9.96. The molecule has 0 aromatic heterocycles. The quantitative estimate of drug-likeness (QED) is 0.871. The summed E-state index contributed by atoms with van der Waals surface area (Å²) in [6.07, 6.45) is 1.72. The maximum atomic E-state index is 13.4. The van der Waals surface area contributed by atoms with Crippen molar-refractivity contribution < 1.29 is 4.39 Å². The van der Waals surface area contributed by atoms with Gasteiger partial charge in [-0.05, 0) is 57.4 Å². The molecule has 0 bridgehead atoms. The summed E-state index contributed by atoms with van der Waals surface area (Å²) >= 11 is 0. The zero-order valence-electron chi connectivity index (χ0n) is 12.1. The van der Waals surface area contributed by atoms with E-state index in [1.807, 2.05) is 13.0 Å². The first-order valence-electron chi connectivity index (χ1n) is 6.55. The Hall–Kier alpha value is -1.09. The number of halogens is 1. The Kier molecular flexibility index (Phi) is 4.74. The highest BCUT2D eigenvalue weighted by Gasteiger charge is 2.23. The molecule has 0 saturated carbocycles. The third-order valence-electron chi connectivity index (χ3n) is 3.72. The maximum absolute atomic E-state index is 13.4. The van der Waals surface area contributed by atoms with Gasteiger partial charge in [-0.25, -0.2) is 4.39 Å². The van der Waals surface area contributed by atoms with E-state index in [2.05, 4.69) is 32.7 Å². The highest BCUT2D eigenvalue weighted by Crippen LogP contribution is 2.29. The van der Waals surface area contributed by atoms with Crippen molar-refractivity contribution in [2.45, 2.75) is 52.1 Å². The number of hydrogen-bond acceptors (Lipinski definition) is 2. The van der Waals surface area contributed by atoms with E-state index in [-0.39, 0.29) is 17.4 Å². The average molecular weight is 252 g/mol. The molecule has 0 heterocycles. The summed E-state index contributed by atoms with van der Waals surface area (Å²) in [4.78, 5) is 2.21. The van der Waals surface area contributed by atoms with E-state index in [0.717, 1.165) is 17.7 Å². The molecule has 0 aliphatic carbocycles.